The number of fused-ring (bicyclic) bond motifs is 2. The number of amides is 1. The fourth-order valence-corrected chi connectivity index (χ4v) is 4.20. The van der Waals surface area contributed by atoms with Gasteiger partial charge in [0.25, 0.3) is 0 Å². The summed E-state index contributed by atoms with van der Waals surface area (Å²) >= 11 is 0. The highest BCUT2D eigenvalue weighted by atomic mass is 16.7. The molecule has 2 aliphatic heterocycles. The molecule has 0 unspecified atom stereocenters. The molecular formula is C22H27NO7. The van der Waals surface area contributed by atoms with Gasteiger partial charge in [-0.05, 0) is 36.6 Å². The first-order valence-electron chi connectivity index (χ1n) is 10.1. The smallest absolute Gasteiger partial charge is 0.247 e. The number of ether oxygens (including phenoxy) is 3. The van der Waals surface area contributed by atoms with Crippen molar-refractivity contribution < 1.29 is 34.3 Å². The van der Waals surface area contributed by atoms with Crippen LogP contribution >= 0.6 is 0 Å². The summed E-state index contributed by atoms with van der Waals surface area (Å²) in [6.45, 7) is 4.19. The van der Waals surface area contributed by atoms with Gasteiger partial charge in [-0.25, -0.2) is 0 Å². The van der Waals surface area contributed by atoms with Gasteiger partial charge in [-0.15, -0.1) is 0 Å². The fourth-order valence-electron chi connectivity index (χ4n) is 4.20. The summed E-state index contributed by atoms with van der Waals surface area (Å²) in [6, 6.07) is 4.69. The lowest BCUT2D eigenvalue weighted by Crippen LogP contribution is -2.67. The first-order valence-corrected chi connectivity index (χ1v) is 10.1. The van der Waals surface area contributed by atoms with E-state index in [2.05, 4.69) is 18.3 Å². The molecule has 4 rings (SSSR count). The average molecular weight is 417 g/mol. The van der Waals surface area contributed by atoms with Gasteiger partial charge >= 0.3 is 0 Å². The number of benzene rings is 1. The SMILES string of the molecule is CC/C=C1\COc2cc(/C=C(\C)C(=O)N[C@@H]3[C@H](O)[C@@H](O)[C@H]4OCO[C@H]4[C@@H]3O)ccc21. The fraction of sp³-hybridized carbons (Fsp3) is 0.500. The second kappa shape index (κ2) is 8.49. The Labute approximate surface area is 174 Å². The second-order valence-corrected chi connectivity index (χ2v) is 7.86. The highest BCUT2D eigenvalue weighted by molar-refractivity contribution is 5.97. The molecule has 6 atom stereocenters. The van der Waals surface area contributed by atoms with Crippen LogP contribution in [-0.4, -0.2) is 71.2 Å². The van der Waals surface area contributed by atoms with E-state index in [1.54, 1.807) is 13.0 Å². The first-order chi connectivity index (χ1) is 14.4. The minimum absolute atomic E-state index is 0.0780. The zero-order valence-electron chi connectivity index (χ0n) is 16.9. The van der Waals surface area contributed by atoms with Gasteiger partial charge in [-0.3, -0.25) is 4.79 Å². The van der Waals surface area contributed by atoms with Crippen LogP contribution in [0, 0.1) is 0 Å². The number of nitrogens with one attached hydrogen (secondary N) is 1. The maximum absolute atomic E-state index is 12.7. The first kappa shape index (κ1) is 21.0. The number of rotatable bonds is 4. The summed E-state index contributed by atoms with van der Waals surface area (Å²) in [6.07, 6.45) is -0.702. The predicted octanol–water partition coefficient (Wildman–Crippen LogP) is 0.598. The lowest BCUT2D eigenvalue weighted by Gasteiger charge is -2.41. The third-order valence-corrected chi connectivity index (χ3v) is 5.83. The Hall–Kier alpha value is -2.23. The molecule has 0 bridgehead atoms. The average Bonchev–Trinajstić information content (AvgIpc) is 3.37. The van der Waals surface area contributed by atoms with Gasteiger partial charge in [-0.1, -0.05) is 25.1 Å². The zero-order valence-corrected chi connectivity index (χ0v) is 16.9. The van der Waals surface area contributed by atoms with Crippen LogP contribution in [0.25, 0.3) is 11.6 Å². The third-order valence-electron chi connectivity index (χ3n) is 5.83. The van der Waals surface area contributed by atoms with E-state index in [9.17, 15) is 20.1 Å². The molecule has 0 spiro atoms. The van der Waals surface area contributed by atoms with Gasteiger partial charge in [0.15, 0.2) is 0 Å². The summed E-state index contributed by atoms with van der Waals surface area (Å²) in [7, 11) is 0. The van der Waals surface area contributed by atoms with Gasteiger partial charge in [0, 0.05) is 11.1 Å². The number of carbonyl (C=O) groups is 1. The van der Waals surface area contributed by atoms with Crippen molar-refractivity contribution in [1.82, 2.24) is 5.32 Å². The van der Waals surface area contributed by atoms with E-state index >= 15 is 0 Å². The van der Waals surface area contributed by atoms with E-state index in [1.165, 1.54) is 0 Å². The number of hydrogen-bond acceptors (Lipinski definition) is 7. The third kappa shape index (κ3) is 3.77. The Bertz CT molecular complexity index is 880. The largest absolute Gasteiger partial charge is 0.488 e. The molecule has 4 N–H and O–H groups in total. The van der Waals surface area contributed by atoms with Crippen molar-refractivity contribution in [3.63, 3.8) is 0 Å². The van der Waals surface area contributed by atoms with Crippen LogP contribution in [0.3, 0.4) is 0 Å². The summed E-state index contributed by atoms with van der Waals surface area (Å²) in [5.74, 6) is 0.318. The van der Waals surface area contributed by atoms with E-state index in [1.807, 2.05) is 18.2 Å². The second-order valence-electron chi connectivity index (χ2n) is 7.86. The summed E-state index contributed by atoms with van der Waals surface area (Å²) in [5, 5.41) is 33.7. The minimum Gasteiger partial charge on any atom is -0.488 e. The van der Waals surface area contributed by atoms with Crippen LogP contribution < -0.4 is 10.1 Å². The van der Waals surface area contributed by atoms with E-state index in [0.717, 1.165) is 28.9 Å². The Balaban J connectivity index is 1.47. The van der Waals surface area contributed by atoms with Crippen LogP contribution in [0.2, 0.25) is 0 Å². The van der Waals surface area contributed by atoms with Crippen molar-refractivity contribution in [2.45, 2.75) is 56.8 Å². The molecule has 2 heterocycles. The number of hydrogen-bond donors (Lipinski definition) is 4. The molecule has 2 fully saturated rings. The van der Waals surface area contributed by atoms with Gasteiger partial charge in [0.05, 0.1) is 6.04 Å². The normalized spacial score (nSPS) is 34.4. The highest BCUT2D eigenvalue weighted by Gasteiger charge is 2.53. The van der Waals surface area contributed by atoms with Crippen LogP contribution in [0.1, 0.15) is 31.4 Å². The van der Waals surface area contributed by atoms with E-state index in [4.69, 9.17) is 14.2 Å². The molecule has 1 amide bonds. The molecule has 1 saturated heterocycles. The Morgan fingerprint density at radius 3 is 2.63 bits per heavy atom. The summed E-state index contributed by atoms with van der Waals surface area (Å²) in [5.41, 5.74) is 3.41. The van der Waals surface area contributed by atoms with Crippen molar-refractivity contribution in [2.24, 2.45) is 0 Å². The Kier molecular flexibility index (Phi) is 5.95. The predicted molar refractivity (Wildman–Crippen MR) is 108 cm³/mol. The lowest BCUT2D eigenvalue weighted by atomic mass is 9.83. The molecule has 30 heavy (non-hydrogen) atoms. The highest BCUT2D eigenvalue weighted by Crippen LogP contribution is 2.35. The zero-order chi connectivity index (χ0) is 21.4. The van der Waals surface area contributed by atoms with Crippen molar-refractivity contribution in [2.75, 3.05) is 13.4 Å². The topological polar surface area (TPSA) is 117 Å². The summed E-state index contributed by atoms with van der Waals surface area (Å²) in [4.78, 5) is 12.7. The van der Waals surface area contributed by atoms with Crippen molar-refractivity contribution in [3.8, 4) is 5.75 Å². The standard InChI is InChI=1S/C22H27NO7/c1-3-4-13-9-28-15-8-12(5-6-14(13)15)7-11(2)22(27)23-16-17(24)19(26)21-20(18(16)25)29-10-30-21/h4-8,16-21,24-26H,3,9-10H2,1-2H3,(H,23,27)/b11-7+,13-4+/t16-,17+,18-,19-,20+,21-/m1/s1. The molecule has 8 heteroatoms. The van der Waals surface area contributed by atoms with Crippen LogP contribution in [-0.2, 0) is 14.3 Å². The van der Waals surface area contributed by atoms with E-state index in [0.29, 0.717) is 12.2 Å². The molecule has 1 aromatic carbocycles. The molecule has 3 aliphatic rings. The molecule has 1 saturated carbocycles. The molecule has 0 radical (unpaired) electrons. The minimum atomic E-state index is -1.38. The van der Waals surface area contributed by atoms with E-state index in [-0.39, 0.29) is 6.79 Å². The molecular weight excluding hydrogens is 390 g/mol. The van der Waals surface area contributed by atoms with Crippen LogP contribution in [0.5, 0.6) is 5.75 Å². The van der Waals surface area contributed by atoms with Gasteiger partial charge in [0.1, 0.15) is 49.7 Å². The van der Waals surface area contributed by atoms with E-state index < -0.39 is 42.5 Å². The van der Waals surface area contributed by atoms with Crippen molar-refractivity contribution in [1.29, 1.82) is 0 Å². The maximum Gasteiger partial charge on any atom is 0.247 e. The number of carbonyl (C=O) groups excluding carboxylic acids is 1. The van der Waals surface area contributed by atoms with Crippen molar-refractivity contribution >= 4 is 17.6 Å². The Morgan fingerprint density at radius 1 is 1.17 bits per heavy atom. The monoisotopic (exact) mass is 417 g/mol. The lowest BCUT2D eigenvalue weighted by molar-refractivity contribution is -0.155. The summed E-state index contributed by atoms with van der Waals surface area (Å²) < 4.78 is 16.2. The maximum atomic E-state index is 12.7. The molecule has 1 aliphatic carbocycles. The van der Waals surface area contributed by atoms with Gasteiger partial charge < -0.3 is 34.8 Å². The Morgan fingerprint density at radius 2 is 1.90 bits per heavy atom. The molecule has 162 valence electrons. The number of allylic oxidation sites excluding steroid dienone is 1. The van der Waals surface area contributed by atoms with Gasteiger partial charge in [0.2, 0.25) is 5.91 Å². The molecule has 1 aromatic rings. The molecule has 0 aromatic heterocycles. The van der Waals surface area contributed by atoms with Crippen LogP contribution in [0.4, 0.5) is 0 Å². The number of aliphatic hydroxyl groups is 3. The van der Waals surface area contributed by atoms with Gasteiger partial charge in [-0.2, -0.15) is 0 Å². The van der Waals surface area contributed by atoms with Crippen molar-refractivity contribution in [3.05, 3.63) is 41.0 Å². The quantitative estimate of drug-likeness (QED) is 0.530. The van der Waals surface area contributed by atoms with Crippen LogP contribution in [0.15, 0.2) is 29.8 Å². The number of aliphatic hydroxyl groups excluding tert-OH is 3. The molecule has 8 nitrogen and oxygen atoms in total.